The number of nitrogens with zero attached hydrogens (tertiary/aromatic N) is 8. The van der Waals surface area contributed by atoms with Crippen molar-refractivity contribution in [3.8, 4) is 11.8 Å². The number of sulfone groups is 3. The Morgan fingerprint density at radius 3 is 1.05 bits per heavy atom. The van der Waals surface area contributed by atoms with E-state index in [1.807, 2.05) is 38.3 Å². The highest BCUT2D eigenvalue weighted by Gasteiger charge is 2.23. The molecular formula is C69H132N8O16S4. The standard InChI is InChI=1S/C8H17NO2S.C8H15NO.C7H14N2O.2C7H13NO.C7H14O3S.C7H10O2.C6H13NO2S.C6H11NO.C6H12O2S/c1-12(10,11)8-7-9-5-3-2-4-6-9;1-2-8(10)9-6-4-3-5-7-9;1-7(10)9-5-3-8(2)4-6-9;1-7(9)8-5-3-2-4-6-8;1-2-7(9)8-5-3-4-6-8;1-11(8,9)6-7-2-4-10-5-3-7;1-3-5-6-9-7(8)4-2;1-10(8,9)7-5-3-2-4-6-7;1-6(8)7-4-2-3-5-7;1-9(7,8)5-6-3-2-4-6/h2-8H2,1H3;2-7H2,1H3;3-6H2,1-2H3;2*2-6H2,1H3;7H,2-6H2,1H3;4,6H2,1-2H3;2-6H2,1H3;2-5H2,1H3;6H,2-5H2,1H3. The smallest absolute Gasteiger partial charge is 0.306 e. The molecule has 0 aromatic rings. The van der Waals surface area contributed by atoms with Crippen LogP contribution in [0.15, 0.2) is 0 Å². The van der Waals surface area contributed by atoms with Gasteiger partial charge in [0, 0.05) is 170 Å². The van der Waals surface area contributed by atoms with Crippen LogP contribution in [0.25, 0.3) is 0 Å². The molecule has 97 heavy (non-hydrogen) atoms. The predicted octanol–water partition coefficient (Wildman–Crippen LogP) is 7.06. The first-order valence-electron chi connectivity index (χ1n) is 36.0. The van der Waals surface area contributed by atoms with Gasteiger partial charge in [0.25, 0.3) is 0 Å². The number of hydrogen-bond donors (Lipinski definition) is 0. The van der Waals surface area contributed by atoms with Gasteiger partial charge in [-0.05, 0) is 154 Å². The number of rotatable bonds is 12. The summed E-state index contributed by atoms with van der Waals surface area (Å²) in [6.07, 6.45) is 31.3. The molecule has 9 rings (SSSR count). The molecule has 1 aliphatic carbocycles. The van der Waals surface area contributed by atoms with Crippen molar-refractivity contribution in [3.05, 3.63) is 0 Å². The molecule has 5 amide bonds. The Bertz CT molecular complexity index is 2700. The number of piperidine rings is 4. The first kappa shape index (κ1) is 93.0. The summed E-state index contributed by atoms with van der Waals surface area (Å²) in [6, 6.07) is 0. The van der Waals surface area contributed by atoms with E-state index in [1.165, 1.54) is 121 Å². The SMILES string of the molecule is CC#CCOC(=O)CC.CC(=O)N1CCCC1.CC(=O)N1CCCCC1.CC(=O)N1CCN(C)CC1.CCC(=O)N1CCCC1.CCC(=O)N1CCCCC1.CS(=O)(=O)CC1CCC1.CS(=O)(=O)CC1CCOCC1.CS(=O)(=O)CCN1CCCCC1.CS(=O)(=O)N1CCCCC1. The second kappa shape index (κ2) is 53.8. The van der Waals surface area contributed by atoms with Crippen molar-refractivity contribution < 1.29 is 71.9 Å². The number of carbonyl (C=O) groups excluding carboxylic acids is 6. The van der Waals surface area contributed by atoms with E-state index in [0.29, 0.717) is 60.2 Å². The zero-order valence-electron chi connectivity index (χ0n) is 62.1. The first-order valence-corrected chi connectivity index (χ1v) is 44.0. The van der Waals surface area contributed by atoms with Crippen molar-refractivity contribution in [1.29, 1.82) is 0 Å². The zero-order valence-corrected chi connectivity index (χ0v) is 65.4. The molecule has 0 atom stereocenters. The van der Waals surface area contributed by atoms with Gasteiger partial charge in [-0.3, -0.25) is 28.8 Å². The average Bonchev–Trinajstić information content (AvgIpc) is 2.28. The number of amides is 5. The molecule has 28 heteroatoms. The van der Waals surface area contributed by atoms with Crippen molar-refractivity contribution in [3.63, 3.8) is 0 Å². The highest BCUT2D eigenvalue weighted by molar-refractivity contribution is 7.91. The lowest BCUT2D eigenvalue weighted by Crippen LogP contribution is -2.46. The summed E-state index contributed by atoms with van der Waals surface area (Å²) < 4.78 is 97.8. The molecule has 8 heterocycles. The summed E-state index contributed by atoms with van der Waals surface area (Å²) in [4.78, 5) is 78.6. The van der Waals surface area contributed by atoms with Crippen molar-refractivity contribution >= 4 is 75.0 Å². The molecule has 1 saturated carbocycles. The maximum Gasteiger partial charge on any atom is 0.306 e. The number of ether oxygens (including phenoxy) is 2. The lowest BCUT2D eigenvalue weighted by atomic mass is 9.87. The molecule has 0 spiro atoms. The summed E-state index contributed by atoms with van der Waals surface area (Å²) >= 11 is 0. The number of likely N-dealkylation sites (tertiary alicyclic amines) is 5. The van der Waals surface area contributed by atoms with Crippen LogP contribution in [-0.2, 0) is 77.8 Å². The number of esters is 1. The van der Waals surface area contributed by atoms with Gasteiger partial charge in [-0.25, -0.2) is 38.0 Å². The summed E-state index contributed by atoms with van der Waals surface area (Å²) in [5.41, 5.74) is 0. The van der Waals surface area contributed by atoms with E-state index in [9.17, 15) is 62.4 Å². The van der Waals surface area contributed by atoms with Gasteiger partial charge in [0.2, 0.25) is 39.6 Å². The Hall–Kier alpha value is -3.98. The normalized spacial score (nSPS) is 19.4. The van der Waals surface area contributed by atoms with Crippen LogP contribution >= 0.6 is 0 Å². The second-order valence-electron chi connectivity index (χ2n) is 26.6. The van der Waals surface area contributed by atoms with Crippen molar-refractivity contribution in [2.45, 2.75) is 203 Å². The van der Waals surface area contributed by atoms with Gasteiger partial charge in [-0.15, -0.1) is 5.92 Å². The van der Waals surface area contributed by atoms with Gasteiger partial charge in [0.15, 0.2) is 6.61 Å². The van der Waals surface area contributed by atoms with Crippen LogP contribution in [0.4, 0.5) is 0 Å². The number of likely N-dealkylation sites (N-methyl/N-ethyl adjacent to an activating group) is 1. The Kier molecular flexibility index (Phi) is 51.6. The lowest BCUT2D eigenvalue weighted by molar-refractivity contribution is -0.142. The van der Waals surface area contributed by atoms with E-state index in [-0.39, 0.29) is 30.3 Å². The Morgan fingerprint density at radius 2 is 0.763 bits per heavy atom. The van der Waals surface area contributed by atoms with E-state index in [0.717, 1.165) is 163 Å². The Morgan fingerprint density at radius 1 is 0.423 bits per heavy atom. The minimum Gasteiger partial charge on any atom is -0.452 e. The fourth-order valence-electron chi connectivity index (χ4n) is 11.3. The van der Waals surface area contributed by atoms with Gasteiger partial charge < -0.3 is 43.8 Å². The third-order valence-electron chi connectivity index (χ3n) is 17.5. The van der Waals surface area contributed by atoms with E-state index in [2.05, 4.69) is 33.4 Å². The van der Waals surface area contributed by atoms with Crippen molar-refractivity contribution in [1.82, 2.24) is 38.6 Å². The number of hydrogen-bond acceptors (Lipinski definition) is 18. The van der Waals surface area contributed by atoms with Crippen LogP contribution in [0.1, 0.15) is 203 Å². The molecule has 8 saturated heterocycles. The Balaban J connectivity index is 0.00000106. The molecule has 9 fully saturated rings. The molecule has 9 aliphatic rings. The van der Waals surface area contributed by atoms with Gasteiger partial charge in [-0.1, -0.05) is 46.0 Å². The highest BCUT2D eigenvalue weighted by atomic mass is 32.2. The van der Waals surface area contributed by atoms with E-state index < -0.39 is 39.5 Å². The molecule has 0 unspecified atom stereocenters. The summed E-state index contributed by atoms with van der Waals surface area (Å²) in [5.74, 6) is 8.20. The van der Waals surface area contributed by atoms with Crippen molar-refractivity contribution in [2.24, 2.45) is 11.8 Å². The predicted molar refractivity (Wildman–Crippen MR) is 389 cm³/mol. The lowest BCUT2D eigenvalue weighted by Gasteiger charge is -2.31. The number of carbonyl (C=O) groups is 6. The fourth-order valence-corrected chi connectivity index (χ4v) is 15.2. The van der Waals surface area contributed by atoms with E-state index in [1.54, 1.807) is 38.9 Å². The zero-order chi connectivity index (χ0) is 73.3. The molecule has 8 aliphatic heterocycles. The van der Waals surface area contributed by atoms with Crippen LogP contribution in [0.2, 0.25) is 0 Å². The molecule has 24 nitrogen and oxygen atoms in total. The summed E-state index contributed by atoms with van der Waals surface area (Å²) in [7, 11) is -9.04. The van der Waals surface area contributed by atoms with Gasteiger partial charge in [0.05, 0.1) is 23.5 Å². The van der Waals surface area contributed by atoms with Gasteiger partial charge in [0.1, 0.15) is 29.5 Å². The third-order valence-corrected chi connectivity index (χ3v) is 21.9. The topological polar surface area (TPSA) is 283 Å². The third kappa shape index (κ3) is 52.6. The number of sulfonamides is 1. The number of piperazine rings is 1. The highest BCUT2D eigenvalue weighted by Crippen LogP contribution is 2.27. The van der Waals surface area contributed by atoms with Crippen LogP contribution in [0.5, 0.6) is 0 Å². The quantitative estimate of drug-likeness (QED) is 0.140. The van der Waals surface area contributed by atoms with Crippen LogP contribution < -0.4 is 0 Å². The molecule has 0 N–H and O–H groups in total. The Labute approximate surface area is 588 Å². The second-order valence-corrected chi connectivity index (χ2v) is 35.2. The van der Waals surface area contributed by atoms with Crippen LogP contribution in [-0.4, -0.2) is 288 Å². The summed E-state index contributed by atoms with van der Waals surface area (Å²) in [6.45, 7) is 29.9. The molecule has 568 valence electrons. The first-order chi connectivity index (χ1) is 45.6. The van der Waals surface area contributed by atoms with E-state index >= 15 is 0 Å². The van der Waals surface area contributed by atoms with Crippen molar-refractivity contribution in [2.75, 3.05) is 180 Å². The summed E-state index contributed by atoms with van der Waals surface area (Å²) in [5, 5.41) is 0. The minimum atomic E-state index is -2.89. The molecule has 0 bridgehead atoms. The average molecular weight is 1460 g/mol. The molecular weight excluding hydrogens is 1330 g/mol. The van der Waals surface area contributed by atoms with E-state index in [4.69, 9.17) is 4.74 Å². The van der Waals surface area contributed by atoms with Gasteiger partial charge >= 0.3 is 5.97 Å². The minimum absolute atomic E-state index is 0.197. The monoisotopic (exact) mass is 1460 g/mol. The fraction of sp³-hybridized carbons (Fsp3) is 0.884. The van der Waals surface area contributed by atoms with Gasteiger partial charge in [-0.2, -0.15) is 0 Å². The largest absolute Gasteiger partial charge is 0.452 e. The molecule has 0 aromatic heterocycles. The molecule has 0 aromatic carbocycles. The molecule has 0 radical (unpaired) electrons. The van der Waals surface area contributed by atoms with Crippen LogP contribution in [0, 0.1) is 23.7 Å². The maximum atomic E-state index is 11.1. The maximum absolute atomic E-state index is 11.1. The van der Waals surface area contributed by atoms with Crippen LogP contribution in [0.3, 0.4) is 0 Å².